The molecule has 1 aliphatic heterocycles. The van der Waals surface area contributed by atoms with E-state index in [4.69, 9.17) is 11.3 Å². The Morgan fingerprint density at radius 1 is 0.517 bits per heavy atom. The summed E-state index contributed by atoms with van der Waals surface area (Å²) in [4.78, 5) is 6.04. The molecule has 0 atom stereocenters. The summed E-state index contributed by atoms with van der Waals surface area (Å²) >= 11 is 0. The van der Waals surface area contributed by atoms with Gasteiger partial charge in [0.1, 0.15) is 11.5 Å². The maximum absolute atomic E-state index is 7.68. The van der Waals surface area contributed by atoms with E-state index in [0.29, 0.717) is 5.69 Å². The maximum atomic E-state index is 7.68. The van der Waals surface area contributed by atoms with Gasteiger partial charge in [0.05, 0.1) is 23.3 Å². The highest BCUT2D eigenvalue weighted by atomic mass is 16.5. The number of benzene rings is 9. The maximum Gasteiger partial charge on any atom is 0.187 e. The molecule has 0 radical (unpaired) electrons. The SMILES string of the molecule is [C-]#[N+]c1ccc(N(c2ccc3c(c2)c2cc4ccccc4cc2n3-c2ccc3c(c2)C(C)(C)c2ccccc2-3)c2ccc3c4c(cccc24)Oc2ccccc2-3)cc1. The first kappa shape index (κ1) is 32.6. The molecule has 2 aliphatic rings. The van der Waals surface area contributed by atoms with Crippen LogP contribution in [0.25, 0.3) is 76.1 Å². The Labute approximate surface area is 336 Å². The molecule has 0 saturated carbocycles. The van der Waals surface area contributed by atoms with Crippen molar-refractivity contribution in [2.75, 3.05) is 4.90 Å². The molecular weight excluding hydrogens is 707 g/mol. The van der Waals surface area contributed by atoms with E-state index in [1.807, 2.05) is 24.3 Å². The predicted octanol–water partition coefficient (Wildman–Crippen LogP) is 15.2. The Morgan fingerprint density at radius 3 is 2.05 bits per heavy atom. The molecule has 272 valence electrons. The van der Waals surface area contributed by atoms with E-state index in [1.165, 1.54) is 49.3 Å². The number of nitrogens with zero attached hydrogens (tertiary/aromatic N) is 3. The molecule has 9 aromatic carbocycles. The van der Waals surface area contributed by atoms with Gasteiger partial charge in [0, 0.05) is 49.6 Å². The van der Waals surface area contributed by atoms with Gasteiger partial charge in [-0.15, -0.1) is 0 Å². The van der Waals surface area contributed by atoms with Crippen LogP contribution in [0.15, 0.2) is 176 Å². The van der Waals surface area contributed by atoms with E-state index < -0.39 is 0 Å². The van der Waals surface area contributed by atoms with Gasteiger partial charge in [-0.1, -0.05) is 117 Å². The number of hydrogen-bond donors (Lipinski definition) is 0. The summed E-state index contributed by atoms with van der Waals surface area (Å²) in [6, 6.07) is 63.1. The second-order valence-electron chi connectivity index (χ2n) is 16.0. The van der Waals surface area contributed by atoms with Crippen molar-refractivity contribution in [3.63, 3.8) is 0 Å². The van der Waals surface area contributed by atoms with E-state index in [-0.39, 0.29) is 5.41 Å². The largest absolute Gasteiger partial charge is 0.456 e. The van der Waals surface area contributed by atoms with Gasteiger partial charge >= 0.3 is 0 Å². The summed E-state index contributed by atoms with van der Waals surface area (Å²) in [7, 11) is 0. The highest BCUT2D eigenvalue weighted by Gasteiger charge is 2.35. The highest BCUT2D eigenvalue weighted by molar-refractivity contribution is 6.16. The standard InChI is InChI=1S/C54H35N3O/c1-54(2)46-16-8-6-13-39(46)40-25-23-38(32-47(40)54)57-49-27-24-37(31-45(49)44-29-33-11-4-5-12-34(33)30-50(44)57)56(36-21-19-35(55-3)20-22-36)48-28-26-42-41-14-7-9-17-51(41)58-52-18-10-15-43(48)53(42)52/h4-32H,1-2H3. The molecule has 58 heavy (non-hydrogen) atoms. The lowest BCUT2D eigenvalue weighted by atomic mass is 9.82. The third-order valence-corrected chi connectivity index (χ3v) is 12.6. The lowest BCUT2D eigenvalue weighted by Crippen LogP contribution is -2.15. The van der Waals surface area contributed by atoms with Crippen LogP contribution < -0.4 is 9.64 Å². The molecule has 4 nitrogen and oxygen atoms in total. The Hall–Kier alpha value is -7.61. The molecule has 2 heterocycles. The zero-order valence-corrected chi connectivity index (χ0v) is 32.0. The summed E-state index contributed by atoms with van der Waals surface area (Å²) in [6.45, 7) is 12.4. The Balaban J connectivity index is 1.11. The smallest absolute Gasteiger partial charge is 0.187 e. The molecule has 0 fully saturated rings. The lowest BCUT2D eigenvalue weighted by molar-refractivity contribution is 0.487. The van der Waals surface area contributed by atoms with Crippen LogP contribution in [0.3, 0.4) is 0 Å². The first-order valence-electron chi connectivity index (χ1n) is 19.8. The fourth-order valence-electron chi connectivity index (χ4n) is 9.80. The Morgan fingerprint density at radius 2 is 1.21 bits per heavy atom. The monoisotopic (exact) mass is 741 g/mol. The molecule has 0 bridgehead atoms. The zero-order chi connectivity index (χ0) is 38.7. The third kappa shape index (κ3) is 4.56. The summed E-state index contributed by atoms with van der Waals surface area (Å²) in [5.41, 5.74) is 14.6. The first-order chi connectivity index (χ1) is 28.5. The summed E-state index contributed by atoms with van der Waals surface area (Å²) in [5.74, 6) is 1.72. The van der Waals surface area contributed by atoms with Crippen LogP contribution in [0.5, 0.6) is 11.5 Å². The van der Waals surface area contributed by atoms with Crippen LogP contribution in [-0.4, -0.2) is 4.57 Å². The summed E-state index contributed by atoms with van der Waals surface area (Å²) < 4.78 is 8.97. The molecule has 0 amide bonds. The van der Waals surface area contributed by atoms with E-state index in [2.05, 4.69) is 180 Å². The molecule has 0 N–H and O–H groups in total. The number of aromatic nitrogens is 1. The number of anilines is 3. The van der Waals surface area contributed by atoms with Crippen LogP contribution in [-0.2, 0) is 5.41 Å². The summed E-state index contributed by atoms with van der Waals surface area (Å²) in [6.07, 6.45) is 0. The van der Waals surface area contributed by atoms with Crippen LogP contribution in [0.1, 0.15) is 25.0 Å². The zero-order valence-electron chi connectivity index (χ0n) is 32.0. The first-order valence-corrected chi connectivity index (χ1v) is 19.8. The fourth-order valence-corrected chi connectivity index (χ4v) is 9.80. The van der Waals surface area contributed by atoms with Crippen LogP contribution in [0.4, 0.5) is 22.7 Å². The molecule has 0 unspecified atom stereocenters. The highest BCUT2D eigenvalue weighted by Crippen LogP contribution is 2.52. The number of rotatable bonds is 4. The van der Waals surface area contributed by atoms with E-state index in [0.717, 1.165) is 61.7 Å². The predicted molar refractivity (Wildman–Crippen MR) is 240 cm³/mol. The van der Waals surface area contributed by atoms with E-state index in [1.54, 1.807) is 0 Å². The van der Waals surface area contributed by atoms with Crippen molar-refractivity contribution >= 4 is 66.1 Å². The number of hydrogen-bond acceptors (Lipinski definition) is 2. The van der Waals surface area contributed by atoms with Gasteiger partial charge in [-0.25, -0.2) is 4.85 Å². The van der Waals surface area contributed by atoms with Crippen molar-refractivity contribution < 1.29 is 4.74 Å². The molecule has 0 saturated heterocycles. The minimum atomic E-state index is -0.115. The van der Waals surface area contributed by atoms with Crippen molar-refractivity contribution in [2.24, 2.45) is 0 Å². The van der Waals surface area contributed by atoms with Crippen LogP contribution in [0, 0.1) is 6.57 Å². The molecule has 0 spiro atoms. The molecule has 12 rings (SSSR count). The van der Waals surface area contributed by atoms with E-state index >= 15 is 0 Å². The van der Waals surface area contributed by atoms with Gasteiger partial charge in [-0.05, 0) is 111 Å². The molecule has 10 aromatic rings. The number of fused-ring (bicyclic) bond motifs is 9. The van der Waals surface area contributed by atoms with E-state index in [9.17, 15) is 0 Å². The molecule has 1 aromatic heterocycles. The number of ether oxygens (including phenoxy) is 1. The van der Waals surface area contributed by atoms with Gasteiger partial charge < -0.3 is 14.2 Å². The second-order valence-corrected chi connectivity index (χ2v) is 16.0. The molecule has 4 heteroatoms. The van der Waals surface area contributed by atoms with Crippen LogP contribution >= 0.6 is 0 Å². The van der Waals surface area contributed by atoms with Crippen LogP contribution in [0.2, 0.25) is 0 Å². The minimum Gasteiger partial charge on any atom is -0.456 e. The number of para-hydroxylation sites is 1. The van der Waals surface area contributed by atoms with Gasteiger partial charge in [0.2, 0.25) is 0 Å². The van der Waals surface area contributed by atoms with Crippen molar-refractivity contribution in [3.05, 3.63) is 198 Å². The Kier molecular flexibility index (Phi) is 6.72. The normalized spacial score (nSPS) is 13.3. The van der Waals surface area contributed by atoms with Crippen molar-refractivity contribution in [1.82, 2.24) is 4.57 Å². The quantitative estimate of drug-likeness (QED) is 0.168. The van der Waals surface area contributed by atoms with Gasteiger partial charge in [0.15, 0.2) is 5.69 Å². The Bertz CT molecular complexity index is 3420. The van der Waals surface area contributed by atoms with Gasteiger partial charge in [-0.2, -0.15) is 0 Å². The average molecular weight is 742 g/mol. The third-order valence-electron chi connectivity index (χ3n) is 12.6. The van der Waals surface area contributed by atoms with Crippen molar-refractivity contribution in [2.45, 2.75) is 19.3 Å². The van der Waals surface area contributed by atoms with Gasteiger partial charge in [-0.3, -0.25) is 0 Å². The van der Waals surface area contributed by atoms with Gasteiger partial charge in [0.25, 0.3) is 0 Å². The van der Waals surface area contributed by atoms with Crippen molar-refractivity contribution in [1.29, 1.82) is 0 Å². The molecular formula is C54H35N3O. The summed E-state index contributed by atoms with van der Waals surface area (Å²) in [5, 5.41) is 6.97. The second kappa shape index (κ2) is 11.9. The topological polar surface area (TPSA) is 21.8 Å². The van der Waals surface area contributed by atoms with Crippen molar-refractivity contribution in [3.8, 4) is 39.4 Å². The fraction of sp³-hybridized carbons (Fsp3) is 0.0556. The minimum absolute atomic E-state index is 0.115. The molecule has 1 aliphatic carbocycles. The lowest BCUT2D eigenvalue weighted by Gasteiger charge is -2.29. The average Bonchev–Trinajstić information content (AvgIpc) is 3.70.